The predicted molar refractivity (Wildman–Crippen MR) is 269 cm³/mol. The van der Waals surface area contributed by atoms with E-state index in [1.54, 1.807) is 7.11 Å². The molecule has 6 heterocycles. The summed E-state index contributed by atoms with van der Waals surface area (Å²) in [4.78, 5) is 92.2. The van der Waals surface area contributed by atoms with Gasteiger partial charge in [-0.05, 0) is 61.4 Å². The monoisotopic (exact) mass is 1080 g/mol. The molecule has 24 heteroatoms. The lowest BCUT2D eigenvalue weighted by Gasteiger charge is -2.63. The van der Waals surface area contributed by atoms with E-state index in [0.717, 1.165) is 52.9 Å². The summed E-state index contributed by atoms with van der Waals surface area (Å²) in [6.45, 7) is 9.19. The van der Waals surface area contributed by atoms with Crippen LogP contribution in [0.1, 0.15) is 68.8 Å². The standard InChI is InChI=1S/C45H54N4O8.2C4H6O6/c1-8-27-19-28-22-44(40(51)55-6,36-30(25-48(23-27)24-28)29-13-10-11-14-33(29)46-36)32-20-31-34(21-35(32)54-5)47(4)38-43(31)16-18-49-17-12-15-42(9-2,37(43)49)39(57-26(3)50)45(38,53)41(52)56-7;2*5-1(3(7)8)2(6)4(9)10/h10-15,19-21,28,37-39,46,53H,8-9,16-18,22-25H2,1-7H3;2*1-2,5-6H,(H,7,8)(H,9,10)/t28?,37-,38-,39?,42-,43+,44+,45+;;/m1../s1. The van der Waals surface area contributed by atoms with Crippen LogP contribution in [0.15, 0.2) is 60.2 Å². The summed E-state index contributed by atoms with van der Waals surface area (Å²) in [6.07, 6.45) is -1.39. The summed E-state index contributed by atoms with van der Waals surface area (Å²) in [7, 11) is 6.22. The van der Waals surface area contributed by atoms with Crippen molar-refractivity contribution in [2.45, 2.75) is 112 Å². The maximum absolute atomic E-state index is 15.2. The minimum Gasteiger partial charge on any atom is -0.496 e. The fourth-order valence-corrected chi connectivity index (χ4v) is 13.4. The number of para-hydroxylation sites is 1. The van der Waals surface area contributed by atoms with Crippen molar-refractivity contribution in [3.63, 3.8) is 0 Å². The number of aromatic nitrogens is 1. The second-order valence-electron chi connectivity index (χ2n) is 20.3. The van der Waals surface area contributed by atoms with Crippen molar-refractivity contribution >= 4 is 58.4 Å². The molecule has 77 heavy (non-hydrogen) atoms. The molecule has 0 amide bonds. The number of carboxylic acid groups (broad SMARTS) is 4. The lowest BCUT2D eigenvalue weighted by molar-refractivity contribution is -0.228. The van der Waals surface area contributed by atoms with Gasteiger partial charge >= 0.3 is 41.8 Å². The molecule has 13 atom stereocenters. The third-order valence-electron chi connectivity index (χ3n) is 16.4. The number of ether oxygens (including phenoxy) is 4. The number of hydrogen-bond acceptors (Lipinski definition) is 19. The Morgan fingerprint density at radius 3 is 1.94 bits per heavy atom. The number of aliphatic hydroxyl groups excluding tert-OH is 4. The van der Waals surface area contributed by atoms with Gasteiger partial charge in [-0.15, -0.1) is 0 Å². The highest BCUT2D eigenvalue weighted by Gasteiger charge is 2.80. The number of nitrogens with zero attached hydrogens (tertiary/aromatic N) is 3. The molecular weight excluding hydrogens is 1010 g/mol. The number of benzene rings is 2. The summed E-state index contributed by atoms with van der Waals surface area (Å²) in [5, 5.41) is 79.4. The summed E-state index contributed by atoms with van der Waals surface area (Å²) < 4.78 is 23.9. The maximum Gasteiger partial charge on any atom is 0.344 e. The van der Waals surface area contributed by atoms with E-state index in [9.17, 15) is 33.9 Å². The number of aliphatic carboxylic acids is 4. The molecule has 3 aromatic rings. The number of hydrogen-bond donors (Lipinski definition) is 10. The summed E-state index contributed by atoms with van der Waals surface area (Å²) in [5.74, 6) is -8.39. The lowest BCUT2D eigenvalue weighted by Crippen LogP contribution is -2.81. The van der Waals surface area contributed by atoms with Crippen molar-refractivity contribution in [2.75, 3.05) is 59.5 Å². The van der Waals surface area contributed by atoms with Gasteiger partial charge in [-0.3, -0.25) is 19.4 Å². The van der Waals surface area contributed by atoms with Crippen molar-refractivity contribution in [1.29, 1.82) is 0 Å². The molecule has 9 rings (SSSR count). The van der Waals surface area contributed by atoms with Crippen LogP contribution in [0.5, 0.6) is 5.75 Å². The number of carbonyl (C=O) groups is 7. The van der Waals surface area contributed by atoms with E-state index < -0.39 is 94.2 Å². The normalized spacial score (nSPS) is 29.9. The zero-order valence-corrected chi connectivity index (χ0v) is 43.5. The quantitative estimate of drug-likeness (QED) is 0.0633. The first-order chi connectivity index (χ1) is 36.3. The van der Waals surface area contributed by atoms with Gasteiger partial charge in [-0.25, -0.2) is 24.0 Å². The molecule has 1 spiro atoms. The summed E-state index contributed by atoms with van der Waals surface area (Å²) in [5.41, 5.74) is 1.05. The third kappa shape index (κ3) is 9.27. The molecule has 7 unspecified atom stereocenters. The Balaban J connectivity index is 0.000000365. The molecular formula is C53H66N4O20. The summed E-state index contributed by atoms with van der Waals surface area (Å²) >= 11 is 0. The molecule has 10 N–H and O–H groups in total. The topological polar surface area (TPSA) is 364 Å². The van der Waals surface area contributed by atoms with E-state index in [1.807, 2.05) is 37.1 Å². The predicted octanol–water partition coefficient (Wildman–Crippen LogP) is 0.508. The number of likely N-dealkylation sites (N-methyl/N-ethyl adjacent to an activating group) is 1. The average Bonchev–Trinajstić information content (AvgIpc) is 4.08. The zero-order chi connectivity index (χ0) is 56.9. The van der Waals surface area contributed by atoms with Crippen molar-refractivity contribution in [3.8, 4) is 5.75 Å². The van der Waals surface area contributed by atoms with Crippen LogP contribution in [0.4, 0.5) is 5.69 Å². The van der Waals surface area contributed by atoms with Gasteiger partial charge in [-0.1, -0.05) is 55.8 Å². The molecule has 2 aromatic carbocycles. The third-order valence-corrected chi connectivity index (χ3v) is 16.4. The van der Waals surface area contributed by atoms with Crippen molar-refractivity contribution < 1.29 is 98.5 Å². The molecule has 6 aliphatic rings. The molecule has 1 aliphatic carbocycles. The van der Waals surface area contributed by atoms with E-state index in [2.05, 4.69) is 58.1 Å². The van der Waals surface area contributed by atoms with Crippen molar-refractivity contribution in [1.82, 2.24) is 14.8 Å². The number of fused-ring (bicyclic) bond motifs is 6. The number of carbonyl (C=O) groups excluding carboxylic acids is 3. The van der Waals surface area contributed by atoms with Crippen LogP contribution >= 0.6 is 0 Å². The van der Waals surface area contributed by atoms with Crippen LogP contribution in [-0.4, -0.2) is 205 Å². The molecule has 5 aliphatic heterocycles. The number of nitrogens with one attached hydrogen (secondary N) is 1. The van der Waals surface area contributed by atoms with Gasteiger partial charge in [0.25, 0.3) is 0 Å². The van der Waals surface area contributed by atoms with Gasteiger partial charge in [0.1, 0.15) is 11.2 Å². The number of methoxy groups -OCH3 is 3. The molecule has 1 saturated carbocycles. The molecule has 2 bridgehead atoms. The van der Waals surface area contributed by atoms with E-state index >= 15 is 4.79 Å². The van der Waals surface area contributed by atoms with E-state index in [4.69, 9.17) is 59.8 Å². The van der Waals surface area contributed by atoms with Gasteiger partial charge in [0.05, 0.1) is 27.4 Å². The fourth-order valence-electron chi connectivity index (χ4n) is 13.4. The smallest absolute Gasteiger partial charge is 0.344 e. The second kappa shape index (κ2) is 21.8. The Labute approximate surface area is 441 Å². The van der Waals surface area contributed by atoms with Crippen molar-refractivity contribution in [2.24, 2.45) is 11.3 Å². The van der Waals surface area contributed by atoms with Gasteiger partial charge in [0, 0.05) is 90.9 Å². The van der Waals surface area contributed by atoms with Crippen LogP contribution < -0.4 is 9.64 Å². The highest BCUT2D eigenvalue weighted by atomic mass is 16.6. The molecule has 2 fully saturated rings. The average molecular weight is 1080 g/mol. The molecule has 1 saturated heterocycles. The largest absolute Gasteiger partial charge is 0.496 e. The Bertz CT molecular complexity index is 2830. The first-order valence-electron chi connectivity index (χ1n) is 24.9. The maximum atomic E-state index is 15.2. The SMILES string of the molecule is CCC1=CC2CN(C1)Cc1c([nH]c3ccccc13)[C@@](C(=O)OC)(c1cc3c(cc1OC)N(C)[C@@H]1[C@@]34CCN3CC=C[C@@](CC)(C(OC(C)=O)[C@]1(O)C(=O)OC)[C@@H]34)C2.O=C(O)C(O)C(O)C(=O)O.O=C(O)C(O)C(O)C(=O)O. The number of carboxylic acids is 4. The number of H-pyrrole nitrogens is 1. The van der Waals surface area contributed by atoms with Crippen LogP contribution in [-0.2, 0) is 65.1 Å². The van der Waals surface area contributed by atoms with Gasteiger partial charge in [-0.2, -0.15) is 0 Å². The van der Waals surface area contributed by atoms with Crippen LogP contribution in [0.2, 0.25) is 0 Å². The first-order valence-corrected chi connectivity index (χ1v) is 24.9. The minimum absolute atomic E-state index is 0.0284. The first kappa shape index (κ1) is 57.8. The van der Waals surface area contributed by atoms with E-state index in [0.29, 0.717) is 50.2 Å². The molecule has 0 radical (unpaired) electrons. The molecule has 418 valence electrons. The van der Waals surface area contributed by atoms with Crippen LogP contribution in [0.3, 0.4) is 0 Å². The Kier molecular flexibility index (Phi) is 16.4. The van der Waals surface area contributed by atoms with Gasteiger partial charge in [0.15, 0.2) is 30.5 Å². The minimum atomic E-state index is -2.27. The zero-order valence-electron chi connectivity index (χ0n) is 43.5. The van der Waals surface area contributed by atoms with E-state index in [-0.39, 0.29) is 17.9 Å². The number of anilines is 1. The van der Waals surface area contributed by atoms with Crippen LogP contribution in [0.25, 0.3) is 10.9 Å². The van der Waals surface area contributed by atoms with E-state index in [1.165, 1.54) is 26.7 Å². The highest BCUT2D eigenvalue weighted by molar-refractivity contribution is 5.95. The summed E-state index contributed by atoms with van der Waals surface area (Å²) in [6, 6.07) is 11.2. The van der Waals surface area contributed by atoms with Gasteiger partial charge in [0.2, 0.25) is 5.60 Å². The van der Waals surface area contributed by atoms with Crippen molar-refractivity contribution in [3.05, 3.63) is 82.6 Å². The molecule has 1 aromatic heterocycles. The number of esters is 3. The highest BCUT2D eigenvalue weighted by Crippen LogP contribution is 2.68. The Morgan fingerprint density at radius 2 is 1.40 bits per heavy atom. The second-order valence-corrected chi connectivity index (χ2v) is 20.3. The number of aromatic amines is 1. The number of aliphatic hydroxyl groups is 5. The Hall–Kier alpha value is -6.93. The fraction of sp³-hybridized carbons (Fsp3) is 0.528. The van der Waals surface area contributed by atoms with Gasteiger partial charge < -0.3 is 74.8 Å². The molecule has 24 nitrogen and oxygen atoms in total. The Morgan fingerprint density at radius 1 is 0.805 bits per heavy atom. The number of rotatable bonds is 13. The van der Waals surface area contributed by atoms with Crippen LogP contribution in [0, 0.1) is 11.3 Å². The lowest BCUT2D eigenvalue weighted by atomic mass is 9.47.